The lowest BCUT2D eigenvalue weighted by molar-refractivity contribution is 0.284. The summed E-state index contributed by atoms with van der Waals surface area (Å²) in [7, 11) is -13.4. The lowest BCUT2D eigenvalue weighted by Crippen LogP contribution is -2.16. The van der Waals surface area contributed by atoms with Gasteiger partial charge in [-0.1, -0.05) is 31.7 Å². The first-order valence-electron chi connectivity index (χ1n) is 6.67. The molecule has 0 aliphatic heterocycles. The number of rotatable bonds is 6. The predicted octanol–water partition coefficient (Wildman–Crippen LogP) is 1.62. The lowest BCUT2D eigenvalue weighted by atomic mass is 10.1. The fraction of sp³-hybridized carbons (Fsp3) is 0.286. The highest BCUT2D eigenvalue weighted by molar-refractivity contribution is 7.91. The van der Waals surface area contributed by atoms with Gasteiger partial charge in [0, 0.05) is 10.8 Å². The van der Waals surface area contributed by atoms with Gasteiger partial charge < -0.3 is 0 Å². The molecule has 0 aromatic heterocycles. The molecule has 0 radical (unpaired) electrons. The van der Waals surface area contributed by atoms with Gasteiger partial charge in [-0.3, -0.25) is 9.11 Å². The molecule has 146 valence electrons. The van der Waals surface area contributed by atoms with Gasteiger partial charge in [-0.15, -0.1) is 0 Å². The van der Waals surface area contributed by atoms with E-state index in [2.05, 4.69) is 4.18 Å². The van der Waals surface area contributed by atoms with Gasteiger partial charge in [-0.05, 0) is 18.6 Å². The van der Waals surface area contributed by atoms with E-state index in [-0.39, 0.29) is 28.7 Å². The largest absolute Gasteiger partial charge is 0.397 e. The van der Waals surface area contributed by atoms with Crippen molar-refractivity contribution in [2.24, 2.45) is 0 Å². The Hall–Kier alpha value is -1.57. The highest BCUT2D eigenvalue weighted by Crippen LogP contribution is 2.31. The van der Waals surface area contributed by atoms with E-state index in [9.17, 15) is 29.8 Å². The van der Waals surface area contributed by atoms with Crippen LogP contribution in [0.15, 0.2) is 40.1 Å². The second-order valence-electron chi connectivity index (χ2n) is 5.11. The Morgan fingerprint density at radius 2 is 1.54 bits per heavy atom. The predicted molar refractivity (Wildman–Crippen MR) is 94.8 cm³/mol. The first-order valence-corrected chi connectivity index (χ1v) is 11.1. The molecule has 0 heterocycles. The van der Waals surface area contributed by atoms with Crippen molar-refractivity contribution in [3.63, 3.8) is 0 Å². The average molecular weight is 426 g/mol. The molecule has 12 heteroatoms. The minimum atomic E-state index is -4.78. The van der Waals surface area contributed by atoms with Crippen molar-refractivity contribution >= 4 is 41.1 Å². The van der Waals surface area contributed by atoms with Crippen LogP contribution in [0, 0.1) is 6.92 Å². The van der Waals surface area contributed by atoms with E-state index in [1.807, 2.05) is 0 Å². The molecule has 0 fully saturated rings. The Bertz CT molecular complexity index is 1130. The molecule has 26 heavy (non-hydrogen) atoms. The van der Waals surface area contributed by atoms with Gasteiger partial charge in [0.2, 0.25) is 0 Å². The van der Waals surface area contributed by atoms with Crippen LogP contribution in [-0.2, 0) is 34.5 Å². The Morgan fingerprint density at radius 1 is 0.923 bits per heavy atom. The van der Waals surface area contributed by atoms with Gasteiger partial charge in [0.15, 0.2) is 9.84 Å². The summed E-state index contributed by atoms with van der Waals surface area (Å²) in [5.41, 5.74) is 0.235. The van der Waals surface area contributed by atoms with Crippen LogP contribution in [0.3, 0.4) is 0 Å². The number of benzene rings is 2. The van der Waals surface area contributed by atoms with Gasteiger partial charge in [0.1, 0.15) is 4.90 Å². The summed E-state index contributed by atoms with van der Waals surface area (Å²) in [4.78, 5) is -0.662. The van der Waals surface area contributed by atoms with Crippen molar-refractivity contribution < 1.29 is 38.5 Å². The molecule has 0 unspecified atom stereocenters. The van der Waals surface area contributed by atoms with Gasteiger partial charge in [-0.25, -0.2) is 12.6 Å². The normalized spacial score (nSPS) is 12.7. The molecule has 2 N–H and O–H groups in total. The van der Waals surface area contributed by atoms with E-state index in [4.69, 9.17) is 4.55 Å². The molecule has 0 atom stereocenters. The van der Waals surface area contributed by atoms with Crippen molar-refractivity contribution in [3.8, 4) is 0 Å². The maximum absolute atomic E-state index is 12.4. The second-order valence-corrected chi connectivity index (χ2v) is 9.63. The summed E-state index contributed by atoms with van der Waals surface area (Å²) < 4.78 is 90.9. The minimum Gasteiger partial charge on any atom is -0.282 e. The van der Waals surface area contributed by atoms with Crippen molar-refractivity contribution in [1.82, 2.24) is 0 Å². The summed E-state index contributed by atoms with van der Waals surface area (Å²) in [6.45, 7) is 0.637. The van der Waals surface area contributed by atoms with Crippen LogP contribution in [0.4, 0.5) is 0 Å². The molecule has 2 aromatic rings. The van der Waals surface area contributed by atoms with Crippen molar-refractivity contribution in [2.75, 3.05) is 12.4 Å². The van der Waals surface area contributed by atoms with E-state index in [0.717, 1.165) is 0 Å². The molecule has 0 spiro atoms. The third-order valence-electron chi connectivity index (χ3n) is 3.35. The van der Waals surface area contributed by atoms with Crippen LogP contribution in [0.5, 0.6) is 0 Å². The van der Waals surface area contributed by atoms with E-state index in [1.54, 1.807) is 0 Å². The van der Waals surface area contributed by atoms with Crippen LogP contribution in [0.1, 0.15) is 13.0 Å². The van der Waals surface area contributed by atoms with E-state index in [1.165, 1.54) is 37.3 Å². The molecule has 0 aliphatic carbocycles. The first-order chi connectivity index (χ1) is 11.3. The summed E-state index contributed by atoms with van der Waals surface area (Å²) in [5, 5.41) is 0.0619. The van der Waals surface area contributed by atoms with E-state index >= 15 is 0 Å². The zero-order chi connectivity index (χ0) is 19.0. The maximum Gasteiger partial charge on any atom is 0.397 e. The highest BCUT2D eigenvalue weighted by atomic mass is 32.3. The smallest absolute Gasteiger partial charge is 0.282 e. The van der Waals surface area contributed by atoms with Crippen molar-refractivity contribution in [1.29, 1.82) is 0 Å². The molecule has 0 bridgehead atoms. The fourth-order valence-corrected chi connectivity index (χ4v) is 5.03. The number of hydrogen-bond acceptors (Lipinski definition) is 7. The van der Waals surface area contributed by atoms with Crippen molar-refractivity contribution in [2.45, 2.75) is 24.1 Å². The number of aryl methyl sites for hydroxylation is 1. The van der Waals surface area contributed by atoms with Gasteiger partial charge >= 0.3 is 10.4 Å². The zero-order valence-electron chi connectivity index (χ0n) is 12.8. The molecular weight excluding hydrogens is 408 g/mol. The summed E-state index contributed by atoms with van der Waals surface area (Å²) >= 11 is 0. The van der Waals surface area contributed by atoms with E-state index < -0.39 is 47.6 Å². The molecule has 0 amide bonds. The Morgan fingerprint density at radius 3 is 2.08 bits per heavy atom. The second kappa shape index (κ2) is 7.58. The summed E-state index contributed by atoms with van der Waals surface area (Å²) in [6, 6.07) is 6.59. The quantitative estimate of drug-likeness (QED) is 0.656. The molecule has 0 saturated heterocycles. The number of fused-ring (bicyclic) bond motifs is 1. The Balaban J connectivity index is 0.00000338. The summed E-state index contributed by atoms with van der Waals surface area (Å²) in [5.74, 6) is -0.763. The molecule has 9 nitrogen and oxygen atoms in total. The van der Waals surface area contributed by atoms with Crippen LogP contribution < -0.4 is 0 Å². The third-order valence-corrected chi connectivity index (χ3v) is 6.60. The summed E-state index contributed by atoms with van der Waals surface area (Å²) in [6.07, 6.45) is 0. The zero-order valence-corrected chi connectivity index (χ0v) is 15.2. The van der Waals surface area contributed by atoms with Crippen LogP contribution in [0.25, 0.3) is 10.8 Å². The maximum atomic E-state index is 12.4. The fourth-order valence-electron chi connectivity index (χ4n) is 2.38. The molecule has 2 rings (SSSR count). The Kier molecular flexibility index (Phi) is 6.55. The third kappa shape index (κ3) is 4.99. The van der Waals surface area contributed by atoms with Gasteiger partial charge in [0.25, 0.3) is 10.1 Å². The monoisotopic (exact) mass is 426 g/mol. The Labute approximate surface area is 152 Å². The molecule has 2 aromatic carbocycles. The topological polar surface area (TPSA) is 152 Å². The molecule has 0 saturated carbocycles. The first kappa shape index (κ1) is 22.5. The SMILES string of the molecule is C.Cc1ccc2c(S(=O)(=O)CCOS(=O)(=O)O)cccc2c1S(=O)(=O)O. The highest BCUT2D eigenvalue weighted by Gasteiger charge is 2.23. The number of hydrogen-bond donors (Lipinski definition) is 2. The van der Waals surface area contributed by atoms with E-state index in [0.29, 0.717) is 0 Å². The number of sulfone groups is 1. The lowest BCUT2D eigenvalue weighted by Gasteiger charge is -2.12. The van der Waals surface area contributed by atoms with Crippen LogP contribution in [-0.4, -0.2) is 46.7 Å². The standard InChI is InChI=1S/C13H14O9S3.CH4/c1-9-5-6-10-11(13(9)24(16,17)18)3-2-4-12(10)23(14,15)8-7-22-25(19,20)21;/h2-6H,7-8H2,1H3,(H,16,17,18)(H,19,20,21);1H4. The van der Waals surface area contributed by atoms with Gasteiger partial charge in [-0.2, -0.15) is 16.8 Å². The average Bonchev–Trinajstić information content (AvgIpc) is 2.43. The minimum absolute atomic E-state index is 0. The van der Waals surface area contributed by atoms with Gasteiger partial charge in [0.05, 0.1) is 17.3 Å². The van der Waals surface area contributed by atoms with Crippen molar-refractivity contribution in [3.05, 3.63) is 35.9 Å². The van der Waals surface area contributed by atoms with Crippen LogP contribution in [0.2, 0.25) is 0 Å². The molecular formula is C14H18O9S3. The molecule has 0 aliphatic rings. The van der Waals surface area contributed by atoms with Crippen LogP contribution >= 0.6 is 0 Å².